The lowest BCUT2D eigenvalue weighted by molar-refractivity contribution is 0.201. The molecule has 1 heterocycles. The molecule has 1 atom stereocenters. The summed E-state index contributed by atoms with van der Waals surface area (Å²) in [6, 6.07) is 8.35. The van der Waals surface area contributed by atoms with Crippen molar-refractivity contribution >= 4 is 23.1 Å². The first kappa shape index (κ1) is 14.2. The van der Waals surface area contributed by atoms with Gasteiger partial charge in [-0.25, -0.2) is 0 Å². The fourth-order valence-corrected chi connectivity index (χ4v) is 2.65. The quantitative estimate of drug-likeness (QED) is 0.656. The summed E-state index contributed by atoms with van der Waals surface area (Å²) < 4.78 is 0. The standard InChI is InChI=1S/C14H21ClN4/c1-11(10-14(16)17)18-6-8-19(9-7-18)13-4-2-12(15)3-5-13/h2-5,11H,6-10H2,1H3,(H3,16,17). The second-order valence-corrected chi connectivity index (χ2v) is 5.51. The molecule has 19 heavy (non-hydrogen) atoms. The molecule has 1 fully saturated rings. The van der Waals surface area contributed by atoms with Gasteiger partial charge in [0.05, 0.1) is 5.84 Å². The van der Waals surface area contributed by atoms with E-state index in [4.69, 9.17) is 22.7 Å². The summed E-state index contributed by atoms with van der Waals surface area (Å²) in [5.74, 6) is 0.271. The Kier molecular flexibility index (Phi) is 4.66. The van der Waals surface area contributed by atoms with E-state index in [-0.39, 0.29) is 5.84 Å². The number of nitrogens with zero attached hydrogens (tertiary/aromatic N) is 2. The van der Waals surface area contributed by atoms with Crippen LogP contribution in [0.4, 0.5) is 5.69 Å². The van der Waals surface area contributed by atoms with Crippen LogP contribution < -0.4 is 10.6 Å². The lowest BCUT2D eigenvalue weighted by atomic mass is 10.1. The van der Waals surface area contributed by atoms with Crippen LogP contribution in [0.25, 0.3) is 0 Å². The highest BCUT2D eigenvalue weighted by atomic mass is 35.5. The summed E-state index contributed by atoms with van der Waals surface area (Å²) in [6.07, 6.45) is 0.654. The van der Waals surface area contributed by atoms with E-state index in [1.165, 1.54) is 5.69 Å². The van der Waals surface area contributed by atoms with Gasteiger partial charge in [-0.2, -0.15) is 0 Å². The molecule has 1 saturated heterocycles. The lowest BCUT2D eigenvalue weighted by Gasteiger charge is -2.39. The number of nitrogens with one attached hydrogen (secondary N) is 1. The molecular formula is C14H21ClN4. The normalized spacial score (nSPS) is 18.3. The predicted molar refractivity (Wildman–Crippen MR) is 81.2 cm³/mol. The molecule has 4 nitrogen and oxygen atoms in total. The maximum Gasteiger partial charge on any atom is 0.0920 e. The van der Waals surface area contributed by atoms with E-state index in [0.717, 1.165) is 31.2 Å². The number of benzene rings is 1. The molecule has 1 aromatic carbocycles. The van der Waals surface area contributed by atoms with Crippen LogP contribution in [0.1, 0.15) is 13.3 Å². The summed E-state index contributed by atoms with van der Waals surface area (Å²) in [6.45, 7) is 6.17. The molecule has 0 spiro atoms. The largest absolute Gasteiger partial charge is 0.388 e. The zero-order valence-corrected chi connectivity index (χ0v) is 12.0. The van der Waals surface area contributed by atoms with Crippen LogP contribution in [0.3, 0.4) is 0 Å². The van der Waals surface area contributed by atoms with Crippen LogP contribution in [0, 0.1) is 5.41 Å². The summed E-state index contributed by atoms with van der Waals surface area (Å²) in [4.78, 5) is 4.77. The maximum absolute atomic E-state index is 7.37. The van der Waals surface area contributed by atoms with Crippen LogP contribution in [-0.2, 0) is 0 Å². The Hall–Kier alpha value is -1.26. The van der Waals surface area contributed by atoms with Gasteiger partial charge in [0.15, 0.2) is 0 Å². The van der Waals surface area contributed by atoms with Crippen molar-refractivity contribution in [3.05, 3.63) is 29.3 Å². The van der Waals surface area contributed by atoms with E-state index >= 15 is 0 Å². The van der Waals surface area contributed by atoms with Crippen LogP contribution in [-0.4, -0.2) is 43.0 Å². The third kappa shape index (κ3) is 3.85. The summed E-state index contributed by atoms with van der Waals surface area (Å²) in [5, 5.41) is 8.14. The molecule has 2 rings (SSSR count). The average Bonchev–Trinajstić information content (AvgIpc) is 2.39. The number of hydrogen-bond acceptors (Lipinski definition) is 3. The minimum absolute atomic E-state index is 0.271. The van der Waals surface area contributed by atoms with Gasteiger partial charge >= 0.3 is 0 Å². The topological polar surface area (TPSA) is 56.4 Å². The number of hydrogen-bond donors (Lipinski definition) is 2. The number of nitrogens with two attached hydrogens (primary N) is 1. The molecule has 0 radical (unpaired) electrons. The maximum atomic E-state index is 7.37. The van der Waals surface area contributed by atoms with Gasteiger partial charge in [0, 0.05) is 49.4 Å². The third-order valence-corrected chi connectivity index (χ3v) is 3.90. The van der Waals surface area contributed by atoms with Crippen molar-refractivity contribution in [2.24, 2.45) is 5.73 Å². The fraction of sp³-hybridized carbons (Fsp3) is 0.500. The van der Waals surface area contributed by atoms with E-state index in [2.05, 4.69) is 28.9 Å². The monoisotopic (exact) mass is 280 g/mol. The number of halogens is 1. The Balaban J connectivity index is 1.88. The third-order valence-electron chi connectivity index (χ3n) is 3.64. The molecule has 0 aromatic heterocycles. The molecule has 104 valence electrons. The number of amidine groups is 1. The molecule has 1 aliphatic heterocycles. The average molecular weight is 281 g/mol. The number of rotatable bonds is 4. The zero-order chi connectivity index (χ0) is 13.8. The number of anilines is 1. The first-order valence-corrected chi connectivity index (χ1v) is 7.01. The van der Waals surface area contributed by atoms with Gasteiger partial charge in [0.25, 0.3) is 0 Å². The van der Waals surface area contributed by atoms with Gasteiger partial charge in [-0.1, -0.05) is 11.6 Å². The first-order valence-electron chi connectivity index (χ1n) is 6.63. The molecule has 0 amide bonds. The van der Waals surface area contributed by atoms with Crippen molar-refractivity contribution in [2.45, 2.75) is 19.4 Å². The molecule has 1 aliphatic rings. The van der Waals surface area contributed by atoms with Crippen molar-refractivity contribution in [3.8, 4) is 0 Å². The molecule has 3 N–H and O–H groups in total. The molecule has 1 aromatic rings. The van der Waals surface area contributed by atoms with Gasteiger partial charge in [-0.05, 0) is 31.2 Å². The van der Waals surface area contributed by atoms with E-state index in [1.807, 2.05) is 12.1 Å². The van der Waals surface area contributed by atoms with Gasteiger partial charge in [-0.3, -0.25) is 10.3 Å². The Labute approximate surface area is 119 Å². The van der Waals surface area contributed by atoms with Crippen LogP contribution >= 0.6 is 11.6 Å². The van der Waals surface area contributed by atoms with Crippen LogP contribution in [0.2, 0.25) is 5.02 Å². The highest BCUT2D eigenvalue weighted by Crippen LogP contribution is 2.20. The van der Waals surface area contributed by atoms with Crippen LogP contribution in [0.5, 0.6) is 0 Å². The van der Waals surface area contributed by atoms with Crippen molar-refractivity contribution < 1.29 is 0 Å². The second kappa shape index (κ2) is 6.26. The summed E-state index contributed by atoms with van der Waals surface area (Å²) >= 11 is 5.91. The van der Waals surface area contributed by atoms with E-state index in [9.17, 15) is 0 Å². The highest BCUT2D eigenvalue weighted by Gasteiger charge is 2.21. The Bertz CT molecular complexity index is 424. The molecule has 0 aliphatic carbocycles. The van der Waals surface area contributed by atoms with Crippen molar-refractivity contribution in [3.63, 3.8) is 0 Å². The highest BCUT2D eigenvalue weighted by molar-refractivity contribution is 6.30. The SMILES string of the molecule is CC(CC(=N)N)N1CCN(c2ccc(Cl)cc2)CC1. The van der Waals surface area contributed by atoms with E-state index < -0.39 is 0 Å². The zero-order valence-electron chi connectivity index (χ0n) is 11.3. The van der Waals surface area contributed by atoms with Crippen LogP contribution in [0.15, 0.2) is 24.3 Å². The van der Waals surface area contributed by atoms with Crippen molar-refractivity contribution in [1.29, 1.82) is 5.41 Å². The first-order chi connectivity index (χ1) is 9.06. The minimum Gasteiger partial charge on any atom is -0.388 e. The molecule has 1 unspecified atom stereocenters. The van der Waals surface area contributed by atoms with Gasteiger partial charge in [0.1, 0.15) is 0 Å². The van der Waals surface area contributed by atoms with Crippen molar-refractivity contribution in [1.82, 2.24) is 4.90 Å². The summed E-state index contributed by atoms with van der Waals surface area (Å²) in [5.41, 5.74) is 6.69. The van der Waals surface area contributed by atoms with Gasteiger partial charge in [0.2, 0.25) is 0 Å². The van der Waals surface area contributed by atoms with Crippen molar-refractivity contribution in [2.75, 3.05) is 31.1 Å². The number of piperazine rings is 1. The summed E-state index contributed by atoms with van der Waals surface area (Å²) in [7, 11) is 0. The lowest BCUT2D eigenvalue weighted by Crippen LogP contribution is -2.50. The Morgan fingerprint density at radius 2 is 1.84 bits per heavy atom. The van der Waals surface area contributed by atoms with Gasteiger partial charge < -0.3 is 10.6 Å². The van der Waals surface area contributed by atoms with E-state index in [0.29, 0.717) is 12.5 Å². The molecule has 0 saturated carbocycles. The Morgan fingerprint density at radius 1 is 1.26 bits per heavy atom. The smallest absolute Gasteiger partial charge is 0.0920 e. The second-order valence-electron chi connectivity index (χ2n) is 5.08. The van der Waals surface area contributed by atoms with E-state index in [1.54, 1.807) is 0 Å². The fourth-order valence-electron chi connectivity index (χ4n) is 2.52. The Morgan fingerprint density at radius 3 is 2.37 bits per heavy atom. The molecule has 0 bridgehead atoms. The predicted octanol–water partition coefficient (Wildman–Crippen LogP) is 2.18. The molecule has 5 heteroatoms. The minimum atomic E-state index is 0.271. The molecular weight excluding hydrogens is 260 g/mol. The van der Waals surface area contributed by atoms with Gasteiger partial charge in [-0.15, -0.1) is 0 Å².